The number of imidazole rings is 1. The van der Waals surface area contributed by atoms with Gasteiger partial charge in [-0.2, -0.15) is 0 Å². The van der Waals surface area contributed by atoms with E-state index in [2.05, 4.69) is 15.1 Å². The van der Waals surface area contributed by atoms with Gasteiger partial charge in [-0.25, -0.2) is 4.98 Å². The molecule has 0 radical (unpaired) electrons. The van der Waals surface area contributed by atoms with Gasteiger partial charge in [0.15, 0.2) is 5.84 Å². The molecule has 0 saturated carbocycles. The van der Waals surface area contributed by atoms with Gasteiger partial charge >= 0.3 is 0 Å². The molecule has 6 nitrogen and oxygen atoms in total. The number of rotatable bonds is 3. The van der Waals surface area contributed by atoms with E-state index in [-0.39, 0.29) is 5.84 Å². The molecule has 0 aromatic carbocycles. The number of nitrogens with two attached hydrogens (primary N) is 1. The fraction of sp³-hybridized carbons (Fsp3) is 0.182. The van der Waals surface area contributed by atoms with Gasteiger partial charge in [0.05, 0.1) is 5.69 Å². The molecule has 2 rings (SSSR count). The van der Waals surface area contributed by atoms with Crippen molar-refractivity contribution in [2.24, 2.45) is 10.9 Å². The number of amidine groups is 1. The molecule has 6 heteroatoms. The van der Waals surface area contributed by atoms with Crippen molar-refractivity contribution in [3.05, 3.63) is 42.2 Å². The van der Waals surface area contributed by atoms with Crippen molar-refractivity contribution < 1.29 is 5.21 Å². The molecule has 0 unspecified atom stereocenters. The van der Waals surface area contributed by atoms with E-state index in [9.17, 15) is 0 Å². The van der Waals surface area contributed by atoms with E-state index in [1.165, 1.54) is 0 Å². The molecule has 0 aliphatic rings. The van der Waals surface area contributed by atoms with Crippen molar-refractivity contribution in [2.75, 3.05) is 0 Å². The van der Waals surface area contributed by atoms with E-state index in [0.717, 1.165) is 17.9 Å². The zero-order valence-electron chi connectivity index (χ0n) is 9.41. The van der Waals surface area contributed by atoms with Crippen LogP contribution in [0.2, 0.25) is 0 Å². The molecule has 17 heavy (non-hydrogen) atoms. The summed E-state index contributed by atoms with van der Waals surface area (Å²) in [6, 6.07) is 3.64. The fourth-order valence-corrected chi connectivity index (χ4v) is 1.65. The molecule has 2 aromatic heterocycles. The van der Waals surface area contributed by atoms with E-state index < -0.39 is 0 Å². The van der Waals surface area contributed by atoms with Gasteiger partial charge in [-0.3, -0.25) is 4.98 Å². The third-order valence-electron chi connectivity index (χ3n) is 2.43. The summed E-state index contributed by atoms with van der Waals surface area (Å²) in [6.45, 7) is 2.01. The van der Waals surface area contributed by atoms with Crippen molar-refractivity contribution in [1.29, 1.82) is 0 Å². The van der Waals surface area contributed by atoms with Crippen LogP contribution in [0.4, 0.5) is 0 Å². The highest BCUT2D eigenvalue weighted by Gasteiger charge is 2.12. The normalized spacial score (nSPS) is 11.7. The van der Waals surface area contributed by atoms with E-state index in [0.29, 0.717) is 5.69 Å². The molecule has 2 heterocycles. The second-order valence-corrected chi connectivity index (χ2v) is 3.42. The number of aromatic nitrogens is 3. The minimum Gasteiger partial charge on any atom is -0.409 e. The van der Waals surface area contributed by atoms with Gasteiger partial charge in [0.25, 0.3) is 0 Å². The molecule has 0 atom stereocenters. The highest BCUT2D eigenvalue weighted by Crippen LogP contribution is 2.14. The van der Waals surface area contributed by atoms with Crippen molar-refractivity contribution in [3.8, 4) is 5.69 Å². The molecule has 0 spiro atoms. The van der Waals surface area contributed by atoms with Crippen LogP contribution in [-0.2, 0) is 6.42 Å². The Morgan fingerprint density at radius 3 is 3.00 bits per heavy atom. The Balaban J connectivity index is 2.60. The second kappa shape index (κ2) is 4.65. The topological polar surface area (TPSA) is 89.3 Å². The molecule has 3 N–H and O–H groups in total. The van der Waals surface area contributed by atoms with Crippen LogP contribution in [0.25, 0.3) is 5.69 Å². The maximum absolute atomic E-state index is 8.73. The van der Waals surface area contributed by atoms with Crippen molar-refractivity contribution in [3.63, 3.8) is 0 Å². The average Bonchev–Trinajstić information content (AvgIpc) is 2.86. The van der Waals surface area contributed by atoms with Crippen LogP contribution < -0.4 is 5.73 Å². The Morgan fingerprint density at radius 2 is 2.29 bits per heavy atom. The van der Waals surface area contributed by atoms with Crippen LogP contribution in [0.15, 0.2) is 35.9 Å². The fourth-order valence-electron chi connectivity index (χ4n) is 1.65. The summed E-state index contributed by atoms with van der Waals surface area (Å²) >= 11 is 0. The predicted molar refractivity (Wildman–Crippen MR) is 63.2 cm³/mol. The van der Waals surface area contributed by atoms with Crippen LogP contribution in [0.5, 0.6) is 0 Å². The second-order valence-electron chi connectivity index (χ2n) is 3.42. The summed E-state index contributed by atoms with van der Waals surface area (Å²) in [5.74, 6) is 0.876. The summed E-state index contributed by atoms with van der Waals surface area (Å²) in [7, 11) is 0. The number of pyridine rings is 1. The molecule has 0 aliphatic heterocycles. The van der Waals surface area contributed by atoms with Gasteiger partial charge in [0, 0.05) is 25.0 Å². The Labute approximate surface area is 98.4 Å². The van der Waals surface area contributed by atoms with Gasteiger partial charge in [0.1, 0.15) is 11.5 Å². The lowest BCUT2D eigenvalue weighted by atomic mass is 10.2. The van der Waals surface area contributed by atoms with Crippen LogP contribution in [0.1, 0.15) is 18.4 Å². The maximum Gasteiger partial charge on any atom is 0.190 e. The van der Waals surface area contributed by atoms with E-state index in [4.69, 9.17) is 10.9 Å². The Bertz CT molecular complexity index is 546. The lowest BCUT2D eigenvalue weighted by Gasteiger charge is -2.10. The first-order valence-electron chi connectivity index (χ1n) is 5.23. The largest absolute Gasteiger partial charge is 0.409 e. The lowest BCUT2D eigenvalue weighted by molar-refractivity contribution is 0.318. The van der Waals surface area contributed by atoms with Gasteiger partial charge in [-0.05, 0) is 12.1 Å². The van der Waals surface area contributed by atoms with E-state index in [1.807, 2.05) is 23.8 Å². The standard InChI is InChI=1S/C11H13N5O/c1-2-9-13-6-7-16(9)8-4-3-5-14-10(8)11(12)15-17/h3-7,17H,2H2,1H3,(H2,12,15). The first-order chi connectivity index (χ1) is 8.27. The van der Waals surface area contributed by atoms with Gasteiger partial charge in [-0.15, -0.1) is 0 Å². The summed E-state index contributed by atoms with van der Waals surface area (Å²) in [4.78, 5) is 8.35. The summed E-state index contributed by atoms with van der Waals surface area (Å²) in [5, 5.41) is 11.7. The quantitative estimate of drug-likeness (QED) is 0.356. The van der Waals surface area contributed by atoms with Crippen LogP contribution in [0.3, 0.4) is 0 Å². The first-order valence-corrected chi connectivity index (χ1v) is 5.23. The SMILES string of the molecule is CCc1nccn1-c1cccnc1/C(N)=N/O. The Hall–Kier alpha value is -2.37. The number of hydrogen-bond donors (Lipinski definition) is 2. The number of nitrogens with zero attached hydrogens (tertiary/aromatic N) is 4. The van der Waals surface area contributed by atoms with E-state index >= 15 is 0 Å². The first kappa shape index (κ1) is 11.1. The molecule has 2 aromatic rings. The highest BCUT2D eigenvalue weighted by atomic mass is 16.4. The van der Waals surface area contributed by atoms with Crippen LogP contribution in [-0.4, -0.2) is 25.6 Å². The Morgan fingerprint density at radius 1 is 1.47 bits per heavy atom. The minimum atomic E-state index is -0.0173. The highest BCUT2D eigenvalue weighted by molar-refractivity contribution is 5.98. The number of oxime groups is 1. The van der Waals surface area contributed by atoms with Gasteiger partial charge in [-0.1, -0.05) is 12.1 Å². The summed E-state index contributed by atoms with van der Waals surface area (Å²) in [5.41, 5.74) is 6.78. The maximum atomic E-state index is 8.73. The minimum absolute atomic E-state index is 0.0173. The van der Waals surface area contributed by atoms with Crippen molar-refractivity contribution >= 4 is 5.84 Å². The molecule has 0 bridgehead atoms. The Kier molecular flexibility index (Phi) is 3.04. The zero-order valence-corrected chi connectivity index (χ0v) is 9.41. The zero-order chi connectivity index (χ0) is 12.3. The summed E-state index contributed by atoms with van der Waals surface area (Å²) in [6.07, 6.45) is 5.92. The third kappa shape index (κ3) is 1.96. The molecule has 88 valence electrons. The van der Waals surface area contributed by atoms with Crippen LogP contribution >= 0.6 is 0 Å². The van der Waals surface area contributed by atoms with Crippen LogP contribution in [0, 0.1) is 0 Å². The van der Waals surface area contributed by atoms with E-state index in [1.54, 1.807) is 18.5 Å². The van der Waals surface area contributed by atoms with Crippen molar-refractivity contribution in [2.45, 2.75) is 13.3 Å². The number of hydrogen-bond acceptors (Lipinski definition) is 4. The average molecular weight is 231 g/mol. The molecule has 0 saturated heterocycles. The molecule has 0 amide bonds. The van der Waals surface area contributed by atoms with Gasteiger partial charge < -0.3 is 15.5 Å². The predicted octanol–water partition coefficient (Wildman–Crippen LogP) is 0.924. The summed E-state index contributed by atoms with van der Waals surface area (Å²) < 4.78 is 1.88. The molecular weight excluding hydrogens is 218 g/mol. The smallest absolute Gasteiger partial charge is 0.190 e. The molecular formula is C11H13N5O. The number of aryl methyl sites for hydroxylation is 1. The monoisotopic (exact) mass is 231 g/mol. The third-order valence-corrected chi connectivity index (χ3v) is 2.43. The van der Waals surface area contributed by atoms with Gasteiger partial charge in [0.2, 0.25) is 0 Å². The molecule has 0 fully saturated rings. The lowest BCUT2D eigenvalue weighted by Crippen LogP contribution is -2.18. The van der Waals surface area contributed by atoms with Crippen molar-refractivity contribution in [1.82, 2.24) is 14.5 Å². The molecule has 0 aliphatic carbocycles.